The zero-order chi connectivity index (χ0) is 12.7. The van der Waals surface area contributed by atoms with Crippen molar-refractivity contribution in [3.05, 3.63) is 0 Å². The van der Waals surface area contributed by atoms with Gasteiger partial charge in [0.05, 0.1) is 0 Å². The highest BCUT2D eigenvalue weighted by molar-refractivity contribution is 6.01. The summed E-state index contributed by atoms with van der Waals surface area (Å²) in [5, 5.41) is 18.3. The number of primary amides is 1. The molecule has 1 atom stereocenters. The van der Waals surface area contributed by atoms with E-state index in [2.05, 4.69) is 0 Å². The van der Waals surface area contributed by atoms with Gasteiger partial charge in [-0.15, -0.1) is 0 Å². The van der Waals surface area contributed by atoms with Crippen molar-refractivity contribution < 1.29 is 24.6 Å². The standard InChI is InChI=1S/C10H15NO5/c1-9(2)5(6(11)12)3-4-10(9,7(13)14)8(15)16/h5H,3-4H2,1-2H3,(H2,11,12)(H,13,14)(H,15,16)/t5-/m1/s1. The maximum atomic E-state index is 11.2. The molecule has 0 unspecified atom stereocenters. The smallest absolute Gasteiger partial charge is 0.321 e. The van der Waals surface area contributed by atoms with Gasteiger partial charge in [0.2, 0.25) is 5.91 Å². The Bertz CT molecular complexity index is 346. The molecule has 6 nitrogen and oxygen atoms in total. The van der Waals surface area contributed by atoms with Crippen LogP contribution in [-0.2, 0) is 14.4 Å². The van der Waals surface area contributed by atoms with E-state index in [1.54, 1.807) is 0 Å². The molecule has 1 saturated carbocycles. The molecule has 1 aliphatic carbocycles. The van der Waals surface area contributed by atoms with Gasteiger partial charge in [-0.2, -0.15) is 0 Å². The number of carbonyl (C=O) groups is 3. The summed E-state index contributed by atoms with van der Waals surface area (Å²) in [6.07, 6.45) is 0.124. The summed E-state index contributed by atoms with van der Waals surface area (Å²) in [5.41, 5.74) is 2.06. The zero-order valence-electron chi connectivity index (χ0n) is 9.19. The van der Waals surface area contributed by atoms with Crippen LogP contribution in [0.15, 0.2) is 0 Å². The minimum atomic E-state index is -1.92. The number of hydrogen-bond acceptors (Lipinski definition) is 3. The minimum Gasteiger partial charge on any atom is -0.480 e. The van der Waals surface area contributed by atoms with Gasteiger partial charge in [-0.3, -0.25) is 14.4 Å². The van der Waals surface area contributed by atoms with Crippen LogP contribution in [-0.4, -0.2) is 28.1 Å². The Balaban J connectivity index is 3.31. The Morgan fingerprint density at radius 1 is 1.19 bits per heavy atom. The van der Waals surface area contributed by atoms with Crippen molar-refractivity contribution in [3.63, 3.8) is 0 Å². The van der Waals surface area contributed by atoms with Gasteiger partial charge in [0, 0.05) is 11.3 Å². The average Bonchev–Trinajstić information content (AvgIpc) is 2.36. The van der Waals surface area contributed by atoms with Gasteiger partial charge in [0.1, 0.15) is 0 Å². The lowest BCUT2D eigenvalue weighted by Crippen LogP contribution is -2.51. The van der Waals surface area contributed by atoms with Crippen LogP contribution >= 0.6 is 0 Å². The normalized spacial score (nSPS) is 26.2. The Labute approximate surface area is 92.4 Å². The largest absolute Gasteiger partial charge is 0.480 e. The predicted molar refractivity (Wildman–Crippen MR) is 53.4 cm³/mol. The summed E-state index contributed by atoms with van der Waals surface area (Å²) >= 11 is 0. The summed E-state index contributed by atoms with van der Waals surface area (Å²) in [4.78, 5) is 33.6. The van der Waals surface area contributed by atoms with Gasteiger partial charge in [0.25, 0.3) is 0 Å². The van der Waals surface area contributed by atoms with E-state index in [4.69, 9.17) is 15.9 Å². The number of rotatable bonds is 3. The Morgan fingerprint density at radius 3 is 1.81 bits per heavy atom. The molecule has 0 aromatic rings. The summed E-state index contributed by atoms with van der Waals surface area (Å²) in [5.74, 6) is -4.18. The van der Waals surface area contributed by atoms with Crippen LogP contribution in [0.5, 0.6) is 0 Å². The minimum absolute atomic E-state index is 0.0712. The Morgan fingerprint density at radius 2 is 1.62 bits per heavy atom. The fourth-order valence-electron chi connectivity index (χ4n) is 2.70. The van der Waals surface area contributed by atoms with E-state index in [-0.39, 0.29) is 12.8 Å². The molecule has 0 heterocycles. The third kappa shape index (κ3) is 1.29. The first-order chi connectivity index (χ1) is 7.18. The van der Waals surface area contributed by atoms with Crippen LogP contribution in [0, 0.1) is 16.7 Å². The highest BCUT2D eigenvalue weighted by Crippen LogP contribution is 2.56. The number of carboxylic acids is 2. The van der Waals surface area contributed by atoms with Crippen molar-refractivity contribution in [2.45, 2.75) is 26.7 Å². The molecule has 0 spiro atoms. The second kappa shape index (κ2) is 3.47. The van der Waals surface area contributed by atoms with Crippen molar-refractivity contribution >= 4 is 17.8 Å². The van der Waals surface area contributed by atoms with E-state index in [1.165, 1.54) is 13.8 Å². The first-order valence-electron chi connectivity index (χ1n) is 4.94. The van der Waals surface area contributed by atoms with E-state index in [0.717, 1.165) is 0 Å². The van der Waals surface area contributed by atoms with Crippen LogP contribution in [0.4, 0.5) is 0 Å². The first kappa shape index (κ1) is 12.5. The van der Waals surface area contributed by atoms with E-state index >= 15 is 0 Å². The lowest BCUT2D eigenvalue weighted by Gasteiger charge is -2.36. The molecule has 1 rings (SSSR count). The van der Waals surface area contributed by atoms with E-state index in [9.17, 15) is 14.4 Å². The monoisotopic (exact) mass is 229 g/mol. The first-order valence-corrected chi connectivity index (χ1v) is 4.94. The second-order valence-electron chi connectivity index (χ2n) is 4.73. The van der Waals surface area contributed by atoms with Crippen LogP contribution in [0.1, 0.15) is 26.7 Å². The summed E-state index contributed by atoms with van der Waals surface area (Å²) < 4.78 is 0. The maximum Gasteiger partial charge on any atom is 0.321 e. The lowest BCUT2D eigenvalue weighted by molar-refractivity contribution is -0.173. The van der Waals surface area contributed by atoms with Crippen LogP contribution < -0.4 is 5.73 Å². The van der Waals surface area contributed by atoms with Crippen LogP contribution in [0.2, 0.25) is 0 Å². The number of carbonyl (C=O) groups excluding carboxylic acids is 1. The molecule has 1 aliphatic rings. The van der Waals surface area contributed by atoms with Crippen LogP contribution in [0.25, 0.3) is 0 Å². The van der Waals surface area contributed by atoms with Gasteiger partial charge < -0.3 is 15.9 Å². The Kier molecular flexibility index (Phi) is 2.70. The average molecular weight is 229 g/mol. The summed E-state index contributed by atoms with van der Waals surface area (Å²) in [6, 6.07) is 0. The van der Waals surface area contributed by atoms with Gasteiger partial charge in [-0.25, -0.2) is 0 Å². The molecule has 1 fully saturated rings. The zero-order valence-corrected chi connectivity index (χ0v) is 9.19. The predicted octanol–water partition coefficient (Wildman–Crippen LogP) is 0.0635. The molecule has 4 N–H and O–H groups in total. The Hall–Kier alpha value is -1.59. The highest BCUT2D eigenvalue weighted by atomic mass is 16.4. The molecule has 0 aliphatic heterocycles. The number of amides is 1. The third-order valence-electron chi connectivity index (χ3n) is 3.85. The molecule has 0 radical (unpaired) electrons. The quantitative estimate of drug-likeness (QED) is 0.591. The maximum absolute atomic E-state index is 11.2. The van der Waals surface area contributed by atoms with Gasteiger partial charge in [-0.05, 0) is 12.8 Å². The molecule has 0 aromatic carbocycles. The molecule has 0 bridgehead atoms. The van der Waals surface area contributed by atoms with Gasteiger partial charge in [0.15, 0.2) is 5.41 Å². The molecule has 1 amide bonds. The molecule has 0 saturated heterocycles. The number of hydrogen-bond donors (Lipinski definition) is 3. The third-order valence-corrected chi connectivity index (χ3v) is 3.85. The second-order valence-corrected chi connectivity index (χ2v) is 4.73. The van der Waals surface area contributed by atoms with E-state index in [1.807, 2.05) is 0 Å². The molecular formula is C10H15NO5. The van der Waals surface area contributed by atoms with Crippen molar-refractivity contribution in [3.8, 4) is 0 Å². The van der Waals surface area contributed by atoms with Crippen molar-refractivity contribution in [2.75, 3.05) is 0 Å². The topological polar surface area (TPSA) is 118 Å². The summed E-state index contributed by atoms with van der Waals surface area (Å²) in [6.45, 7) is 2.94. The van der Waals surface area contributed by atoms with Crippen LogP contribution in [0.3, 0.4) is 0 Å². The number of carboxylic acid groups (broad SMARTS) is 2. The van der Waals surface area contributed by atoms with E-state index in [0.29, 0.717) is 0 Å². The molecule has 6 heteroatoms. The molecule has 0 aromatic heterocycles. The fourth-order valence-corrected chi connectivity index (χ4v) is 2.70. The fraction of sp³-hybridized carbons (Fsp3) is 0.700. The van der Waals surface area contributed by atoms with Gasteiger partial charge in [-0.1, -0.05) is 13.8 Å². The number of aliphatic carboxylic acids is 2. The summed E-state index contributed by atoms with van der Waals surface area (Å²) in [7, 11) is 0. The highest BCUT2D eigenvalue weighted by Gasteiger charge is 2.65. The molecule has 90 valence electrons. The SMILES string of the molecule is CC1(C)[C@@H](C(N)=O)CCC1(C(=O)O)C(=O)O. The van der Waals surface area contributed by atoms with Crippen molar-refractivity contribution in [1.29, 1.82) is 0 Å². The van der Waals surface area contributed by atoms with Crippen molar-refractivity contribution in [1.82, 2.24) is 0 Å². The van der Waals surface area contributed by atoms with Gasteiger partial charge >= 0.3 is 11.9 Å². The molecular weight excluding hydrogens is 214 g/mol. The van der Waals surface area contributed by atoms with Crippen molar-refractivity contribution in [2.24, 2.45) is 22.5 Å². The molecule has 16 heavy (non-hydrogen) atoms. The lowest BCUT2D eigenvalue weighted by atomic mass is 9.64. The van der Waals surface area contributed by atoms with E-state index < -0.39 is 34.6 Å². The number of nitrogens with two attached hydrogens (primary N) is 1.